The summed E-state index contributed by atoms with van der Waals surface area (Å²) in [4.78, 5) is 13.6. The molecule has 1 rings (SSSR count). The molecule has 0 bridgehead atoms. The first-order valence-electron chi connectivity index (χ1n) is 5.65. The smallest absolute Gasteiger partial charge is 0.240 e. The second-order valence-electron chi connectivity index (χ2n) is 4.05. The van der Waals surface area contributed by atoms with Gasteiger partial charge in [-0.15, -0.1) is 11.6 Å². The summed E-state index contributed by atoms with van der Waals surface area (Å²) in [5.74, 6) is 0.628. The van der Waals surface area contributed by atoms with Crippen LogP contribution in [-0.2, 0) is 9.53 Å². The number of hydrogen-bond acceptors (Lipinski definition) is 2. The maximum Gasteiger partial charge on any atom is 0.240 e. The fourth-order valence-electron chi connectivity index (χ4n) is 1.87. The topological polar surface area (TPSA) is 29.5 Å². The number of amides is 1. The largest absolute Gasteiger partial charge is 0.381 e. The Hall–Kier alpha value is -0.280. The van der Waals surface area contributed by atoms with Gasteiger partial charge in [0.15, 0.2) is 0 Å². The summed E-state index contributed by atoms with van der Waals surface area (Å²) in [6.45, 7) is 6.95. The van der Waals surface area contributed by atoms with Crippen molar-refractivity contribution in [1.82, 2.24) is 4.90 Å². The average molecular weight is 234 g/mol. The van der Waals surface area contributed by atoms with E-state index in [0.29, 0.717) is 5.92 Å². The van der Waals surface area contributed by atoms with Crippen molar-refractivity contribution in [2.24, 2.45) is 5.92 Å². The monoisotopic (exact) mass is 233 g/mol. The van der Waals surface area contributed by atoms with Crippen molar-refractivity contribution in [1.29, 1.82) is 0 Å². The van der Waals surface area contributed by atoms with Crippen molar-refractivity contribution in [3.8, 4) is 0 Å². The zero-order valence-corrected chi connectivity index (χ0v) is 10.3. The molecule has 1 fully saturated rings. The summed E-state index contributed by atoms with van der Waals surface area (Å²) >= 11 is 5.80. The minimum atomic E-state index is -0.412. The van der Waals surface area contributed by atoms with Gasteiger partial charge in [-0.2, -0.15) is 0 Å². The summed E-state index contributed by atoms with van der Waals surface area (Å²) < 4.78 is 5.29. The van der Waals surface area contributed by atoms with Crippen LogP contribution in [0.5, 0.6) is 0 Å². The quantitative estimate of drug-likeness (QED) is 0.694. The van der Waals surface area contributed by atoms with Gasteiger partial charge in [0.1, 0.15) is 5.38 Å². The van der Waals surface area contributed by atoms with Crippen LogP contribution in [0, 0.1) is 5.92 Å². The molecule has 1 atom stereocenters. The molecule has 1 aliphatic rings. The zero-order valence-electron chi connectivity index (χ0n) is 9.54. The Morgan fingerprint density at radius 2 is 2.13 bits per heavy atom. The molecule has 0 N–H and O–H groups in total. The number of rotatable bonds is 4. The Bertz CT molecular complexity index is 203. The Morgan fingerprint density at radius 1 is 1.53 bits per heavy atom. The fraction of sp³-hybridized carbons (Fsp3) is 0.909. The number of ether oxygens (including phenoxy) is 1. The van der Waals surface area contributed by atoms with Gasteiger partial charge in [0.25, 0.3) is 0 Å². The molecule has 0 aliphatic carbocycles. The maximum atomic E-state index is 11.7. The first kappa shape index (κ1) is 12.8. The number of carbonyl (C=O) groups is 1. The zero-order chi connectivity index (χ0) is 11.3. The highest BCUT2D eigenvalue weighted by Crippen LogP contribution is 2.17. The van der Waals surface area contributed by atoms with Gasteiger partial charge >= 0.3 is 0 Å². The number of halogens is 1. The highest BCUT2D eigenvalue weighted by molar-refractivity contribution is 6.30. The van der Waals surface area contributed by atoms with Crippen molar-refractivity contribution in [3.63, 3.8) is 0 Å². The van der Waals surface area contributed by atoms with E-state index in [1.165, 1.54) is 0 Å². The Labute approximate surface area is 96.7 Å². The van der Waals surface area contributed by atoms with Gasteiger partial charge in [0.05, 0.1) is 0 Å². The molecule has 1 amide bonds. The van der Waals surface area contributed by atoms with Crippen molar-refractivity contribution < 1.29 is 9.53 Å². The maximum absolute atomic E-state index is 11.7. The molecule has 0 saturated carbocycles. The third kappa shape index (κ3) is 3.99. The van der Waals surface area contributed by atoms with E-state index in [1.54, 1.807) is 6.92 Å². The average Bonchev–Trinajstić information content (AvgIpc) is 2.26. The predicted molar refractivity (Wildman–Crippen MR) is 61.1 cm³/mol. The van der Waals surface area contributed by atoms with Crippen LogP contribution in [0.2, 0.25) is 0 Å². The van der Waals surface area contributed by atoms with Crippen molar-refractivity contribution >= 4 is 17.5 Å². The second-order valence-corrected chi connectivity index (χ2v) is 4.70. The molecular formula is C11H20ClNO2. The molecule has 88 valence electrons. The highest BCUT2D eigenvalue weighted by atomic mass is 35.5. The van der Waals surface area contributed by atoms with Gasteiger partial charge in [0.2, 0.25) is 5.91 Å². The van der Waals surface area contributed by atoms with E-state index in [2.05, 4.69) is 0 Å². The molecule has 0 radical (unpaired) electrons. The molecule has 0 aromatic rings. The molecule has 15 heavy (non-hydrogen) atoms. The number of hydrogen-bond donors (Lipinski definition) is 0. The molecule has 1 saturated heterocycles. The van der Waals surface area contributed by atoms with Crippen LogP contribution in [0.15, 0.2) is 0 Å². The Balaban J connectivity index is 2.41. The lowest BCUT2D eigenvalue weighted by atomic mass is 9.99. The summed E-state index contributed by atoms with van der Waals surface area (Å²) in [5.41, 5.74) is 0. The van der Waals surface area contributed by atoms with E-state index in [-0.39, 0.29) is 5.91 Å². The van der Waals surface area contributed by atoms with E-state index in [1.807, 2.05) is 11.8 Å². The summed E-state index contributed by atoms with van der Waals surface area (Å²) in [7, 11) is 0. The van der Waals surface area contributed by atoms with Gasteiger partial charge in [-0.25, -0.2) is 0 Å². The van der Waals surface area contributed by atoms with Gasteiger partial charge in [0, 0.05) is 26.3 Å². The van der Waals surface area contributed by atoms with Crippen molar-refractivity contribution in [2.45, 2.75) is 32.1 Å². The van der Waals surface area contributed by atoms with Crippen LogP contribution in [0.3, 0.4) is 0 Å². The molecular weight excluding hydrogens is 214 g/mol. The highest BCUT2D eigenvalue weighted by Gasteiger charge is 2.22. The number of alkyl halides is 1. The molecule has 0 aromatic heterocycles. The summed E-state index contributed by atoms with van der Waals surface area (Å²) in [6.07, 6.45) is 2.11. The minimum Gasteiger partial charge on any atom is -0.381 e. The van der Waals surface area contributed by atoms with Gasteiger partial charge in [-0.3, -0.25) is 4.79 Å². The van der Waals surface area contributed by atoms with E-state index in [4.69, 9.17) is 16.3 Å². The third-order valence-electron chi connectivity index (χ3n) is 2.85. The lowest BCUT2D eigenvalue weighted by Crippen LogP contribution is -2.40. The van der Waals surface area contributed by atoms with E-state index >= 15 is 0 Å². The van der Waals surface area contributed by atoms with Gasteiger partial charge in [-0.05, 0) is 32.6 Å². The van der Waals surface area contributed by atoms with E-state index in [9.17, 15) is 4.79 Å². The van der Waals surface area contributed by atoms with Crippen LogP contribution in [0.25, 0.3) is 0 Å². The molecule has 0 spiro atoms. The Morgan fingerprint density at radius 3 is 2.60 bits per heavy atom. The summed E-state index contributed by atoms with van der Waals surface area (Å²) in [5, 5.41) is -0.412. The summed E-state index contributed by atoms with van der Waals surface area (Å²) in [6, 6.07) is 0. The molecule has 1 heterocycles. The first-order valence-corrected chi connectivity index (χ1v) is 6.09. The van der Waals surface area contributed by atoms with Crippen molar-refractivity contribution in [2.75, 3.05) is 26.3 Å². The second kappa shape index (κ2) is 6.33. The molecule has 1 unspecified atom stereocenters. The standard InChI is InChI=1S/C11H20ClNO2/c1-3-13(11(14)9(2)12)8-10-4-6-15-7-5-10/h9-10H,3-8H2,1-2H3. The normalized spacial score (nSPS) is 19.9. The molecule has 3 nitrogen and oxygen atoms in total. The molecule has 0 aromatic carbocycles. The fourth-order valence-corrected chi connectivity index (χ4v) is 2.01. The van der Waals surface area contributed by atoms with E-state index < -0.39 is 5.38 Å². The first-order chi connectivity index (χ1) is 7.15. The third-order valence-corrected chi connectivity index (χ3v) is 3.04. The van der Waals surface area contributed by atoms with Crippen LogP contribution in [0.1, 0.15) is 26.7 Å². The van der Waals surface area contributed by atoms with Crippen molar-refractivity contribution in [3.05, 3.63) is 0 Å². The lowest BCUT2D eigenvalue weighted by Gasteiger charge is -2.29. The SMILES string of the molecule is CCN(CC1CCOCC1)C(=O)C(C)Cl. The number of nitrogens with zero attached hydrogens (tertiary/aromatic N) is 1. The lowest BCUT2D eigenvalue weighted by molar-refractivity contribution is -0.131. The number of carbonyl (C=O) groups excluding carboxylic acids is 1. The van der Waals surface area contributed by atoms with Gasteiger partial charge in [-0.1, -0.05) is 0 Å². The van der Waals surface area contributed by atoms with Crippen LogP contribution < -0.4 is 0 Å². The van der Waals surface area contributed by atoms with Crippen LogP contribution in [-0.4, -0.2) is 42.5 Å². The minimum absolute atomic E-state index is 0.0469. The molecule has 4 heteroatoms. The van der Waals surface area contributed by atoms with Crippen LogP contribution >= 0.6 is 11.6 Å². The Kier molecular flexibility index (Phi) is 5.40. The molecule has 1 aliphatic heterocycles. The predicted octanol–water partition coefficient (Wildman–Crippen LogP) is 1.89. The van der Waals surface area contributed by atoms with Crippen LogP contribution in [0.4, 0.5) is 0 Å². The van der Waals surface area contributed by atoms with E-state index in [0.717, 1.165) is 39.1 Å². The van der Waals surface area contributed by atoms with Gasteiger partial charge < -0.3 is 9.64 Å².